The van der Waals surface area contributed by atoms with Gasteiger partial charge in [-0.3, -0.25) is 9.69 Å². The number of anilines is 2. The van der Waals surface area contributed by atoms with E-state index in [0.717, 1.165) is 17.0 Å². The van der Waals surface area contributed by atoms with Gasteiger partial charge in [0.15, 0.2) is 11.6 Å². The molecule has 1 aliphatic heterocycles. The Morgan fingerprint density at radius 2 is 2.26 bits per heavy atom. The topological polar surface area (TPSA) is 131 Å². The van der Waals surface area contributed by atoms with E-state index >= 15 is 0 Å². The molecular weight excluding hydrogens is 364 g/mol. The summed E-state index contributed by atoms with van der Waals surface area (Å²) >= 11 is 1.70. The van der Waals surface area contributed by atoms with E-state index in [1.807, 2.05) is 6.20 Å². The number of nitrogens with two attached hydrogens (primary N) is 2. The number of rotatable bonds is 6. The fourth-order valence-electron chi connectivity index (χ4n) is 2.86. The SMILES string of the molecule is Nc1ncc(-c2cnn(CCO)c2)nc1N(N)Cc1cc2c(s1)C=CNC2. The summed E-state index contributed by atoms with van der Waals surface area (Å²) < 4.78 is 1.64. The highest BCUT2D eigenvalue weighted by molar-refractivity contribution is 7.13. The molecule has 0 saturated carbocycles. The second kappa shape index (κ2) is 7.35. The van der Waals surface area contributed by atoms with Crippen LogP contribution in [0.15, 0.2) is 30.9 Å². The van der Waals surface area contributed by atoms with Crippen molar-refractivity contribution in [3.63, 3.8) is 0 Å². The lowest BCUT2D eigenvalue weighted by Crippen LogP contribution is -2.31. The first-order valence-corrected chi connectivity index (χ1v) is 9.25. The minimum Gasteiger partial charge on any atom is -0.394 e. The maximum absolute atomic E-state index is 9.02. The molecule has 4 heterocycles. The van der Waals surface area contributed by atoms with Gasteiger partial charge in [-0.1, -0.05) is 0 Å². The van der Waals surface area contributed by atoms with Crippen LogP contribution in [0.3, 0.4) is 0 Å². The van der Waals surface area contributed by atoms with Crippen molar-refractivity contribution in [3.8, 4) is 11.3 Å². The van der Waals surface area contributed by atoms with Gasteiger partial charge in [0, 0.05) is 28.1 Å². The van der Waals surface area contributed by atoms with Crippen LogP contribution in [0.2, 0.25) is 0 Å². The van der Waals surface area contributed by atoms with E-state index in [-0.39, 0.29) is 12.4 Å². The number of hydrogen-bond donors (Lipinski definition) is 4. The smallest absolute Gasteiger partial charge is 0.186 e. The normalized spacial score (nSPS) is 12.7. The quantitative estimate of drug-likeness (QED) is 0.365. The largest absolute Gasteiger partial charge is 0.394 e. The predicted molar refractivity (Wildman–Crippen MR) is 105 cm³/mol. The number of nitrogens with zero attached hydrogens (tertiary/aromatic N) is 5. The molecule has 10 heteroatoms. The molecule has 0 spiro atoms. The summed E-state index contributed by atoms with van der Waals surface area (Å²) in [7, 11) is 0. The van der Waals surface area contributed by atoms with Gasteiger partial charge < -0.3 is 16.2 Å². The average Bonchev–Trinajstić information content (AvgIpc) is 3.28. The molecular formula is C17H20N8OS. The molecule has 3 aromatic heterocycles. The van der Waals surface area contributed by atoms with E-state index in [0.29, 0.717) is 24.6 Å². The van der Waals surface area contributed by atoms with Gasteiger partial charge >= 0.3 is 0 Å². The third-order valence-corrected chi connectivity index (χ3v) is 5.30. The predicted octanol–water partition coefficient (Wildman–Crippen LogP) is 0.930. The number of hydrazine groups is 1. The molecule has 1 aliphatic rings. The molecule has 140 valence electrons. The molecule has 0 amide bonds. The van der Waals surface area contributed by atoms with Crippen LogP contribution in [0.4, 0.5) is 11.6 Å². The zero-order chi connectivity index (χ0) is 18.8. The molecule has 0 bridgehead atoms. The molecule has 0 aliphatic carbocycles. The lowest BCUT2D eigenvalue weighted by Gasteiger charge is -2.18. The second-order valence-corrected chi connectivity index (χ2v) is 7.29. The molecule has 0 unspecified atom stereocenters. The fourth-order valence-corrected chi connectivity index (χ4v) is 3.95. The van der Waals surface area contributed by atoms with Crippen LogP contribution < -0.4 is 21.9 Å². The summed E-state index contributed by atoms with van der Waals surface area (Å²) in [5, 5.41) is 17.9. The van der Waals surface area contributed by atoms with Crippen LogP contribution in [0.25, 0.3) is 17.3 Å². The molecule has 0 radical (unpaired) electrons. The highest BCUT2D eigenvalue weighted by Crippen LogP contribution is 2.29. The maximum atomic E-state index is 9.02. The van der Waals surface area contributed by atoms with E-state index < -0.39 is 0 Å². The Morgan fingerprint density at radius 3 is 3.07 bits per heavy atom. The number of aliphatic hydroxyl groups excluding tert-OH is 1. The molecule has 0 saturated heterocycles. The molecule has 6 N–H and O–H groups in total. The Kier molecular flexibility index (Phi) is 4.75. The Hall–Kier alpha value is -2.95. The minimum atomic E-state index is 0.0197. The maximum Gasteiger partial charge on any atom is 0.186 e. The molecule has 27 heavy (non-hydrogen) atoms. The molecule has 9 nitrogen and oxygen atoms in total. The van der Waals surface area contributed by atoms with Crippen molar-refractivity contribution >= 4 is 29.0 Å². The van der Waals surface area contributed by atoms with E-state index in [1.54, 1.807) is 34.6 Å². The first-order valence-electron chi connectivity index (χ1n) is 8.44. The van der Waals surface area contributed by atoms with Crippen LogP contribution in [-0.4, -0.2) is 31.5 Å². The Morgan fingerprint density at radius 1 is 1.37 bits per heavy atom. The number of aliphatic hydroxyl groups is 1. The molecule has 4 rings (SSSR count). The van der Waals surface area contributed by atoms with Crippen LogP contribution >= 0.6 is 11.3 Å². The van der Waals surface area contributed by atoms with Crippen LogP contribution in [-0.2, 0) is 19.6 Å². The van der Waals surface area contributed by atoms with Crippen molar-refractivity contribution in [2.75, 3.05) is 17.3 Å². The average molecular weight is 384 g/mol. The number of thiophene rings is 1. The van der Waals surface area contributed by atoms with Gasteiger partial charge in [0.2, 0.25) is 0 Å². The summed E-state index contributed by atoms with van der Waals surface area (Å²) in [6.07, 6.45) is 9.08. The van der Waals surface area contributed by atoms with E-state index in [4.69, 9.17) is 16.7 Å². The van der Waals surface area contributed by atoms with E-state index in [1.165, 1.54) is 15.4 Å². The number of hydrogen-bond acceptors (Lipinski definition) is 9. The van der Waals surface area contributed by atoms with Crippen LogP contribution in [0, 0.1) is 0 Å². The van der Waals surface area contributed by atoms with Crippen molar-refractivity contribution in [1.82, 2.24) is 25.1 Å². The summed E-state index contributed by atoms with van der Waals surface area (Å²) in [6.45, 7) is 1.75. The second-order valence-electron chi connectivity index (χ2n) is 6.12. The molecule has 0 atom stereocenters. The standard InChI is InChI=1S/C17H20N8OS/c18-16-17(23-14(8-21-16)12-7-22-24(9-12)3-4-26)25(19)10-13-5-11-6-20-2-1-15(11)27-13/h1-2,5,7-9,20,26H,3-4,6,10,19H2,(H2,18,21). The summed E-state index contributed by atoms with van der Waals surface area (Å²) in [5.74, 6) is 6.94. The number of nitrogens with one attached hydrogen (secondary N) is 1. The van der Waals surface area contributed by atoms with E-state index in [2.05, 4.69) is 32.5 Å². The van der Waals surface area contributed by atoms with Gasteiger partial charge in [0.05, 0.1) is 37.8 Å². The molecule has 3 aromatic rings. The van der Waals surface area contributed by atoms with Gasteiger partial charge in [-0.2, -0.15) is 5.10 Å². The third kappa shape index (κ3) is 3.63. The Labute approximate surface area is 159 Å². The van der Waals surface area contributed by atoms with Crippen molar-refractivity contribution in [2.24, 2.45) is 5.84 Å². The highest BCUT2D eigenvalue weighted by atomic mass is 32.1. The molecule has 0 fully saturated rings. The summed E-state index contributed by atoms with van der Waals surface area (Å²) in [6, 6.07) is 2.14. The van der Waals surface area contributed by atoms with Gasteiger partial charge in [-0.15, -0.1) is 11.3 Å². The summed E-state index contributed by atoms with van der Waals surface area (Å²) in [5.41, 5.74) is 8.67. The lowest BCUT2D eigenvalue weighted by molar-refractivity contribution is 0.269. The lowest BCUT2D eigenvalue weighted by atomic mass is 10.2. The van der Waals surface area contributed by atoms with Gasteiger partial charge in [0.25, 0.3) is 0 Å². The first kappa shape index (κ1) is 17.5. The Balaban J connectivity index is 1.56. The van der Waals surface area contributed by atoms with Crippen molar-refractivity contribution in [3.05, 3.63) is 46.2 Å². The monoisotopic (exact) mass is 384 g/mol. The zero-order valence-electron chi connectivity index (χ0n) is 14.5. The van der Waals surface area contributed by atoms with Crippen LogP contribution in [0.1, 0.15) is 15.3 Å². The van der Waals surface area contributed by atoms with Crippen molar-refractivity contribution in [2.45, 2.75) is 19.6 Å². The van der Waals surface area contributed by atoms with Crippen molar-refractivity contribution in [1.29, 1.82) is 0 Å². The third-order valence-electron chi connectivity index (χ3n) is 4.18. The van der Waals surface area contributed by atoms with E-state index in [9.17, 15) is 0 Å². The zero-order valence-corrected chi connectivity index (χ0v) is 15.4. The van der Waals surface area contributed by atoms with Gasteiger partial charge in [-0.25, -0.2) is 15.8 Å². The highest BCUT2D eigenvalue weighted by Gasteiger charge is 2.16. The Bertz CT molecular complexity index is 979. The number of fused-ring (bicyclic) bond motifs is 1. The van der Waals surface area contributed by atoms with Gasteiger partial charge in [-0.05, 0) is 23.9 Å². The number of aromatic nitrogens is 4. The number of nitrogen functional groups attached to an aromatic ring is 1. The summed E-state index contributed by atoms with van der Waals surface area (Å²) in [4.78, 5) is 11.2. The first-order chi connectivity index (χ1) is 13.1. The minimum absolute atomic E-state index is 0.0197. The molecule has 0 aromatic carbocycles. The van der Waals surface area contributed by atoms with Crippen LogP contribution in [0.5, 0.6) is 0 Å². The van der Waals surface area contributed by atoms with Gasteiger partial charge in [0.1, 0.15) is 0 Å². The fraction of sp³-hybridized carbons (Fsp3) is 0.235. The van der Waals surface area contributed by atoms with Crippen molar-refractivity contribution < 1.29 is 5.11 Å².